The highest BCUT2D eigenvalue weighted by Crippen LogP contribution is 2.30. The molecule has 146 valence electrons. The second-order valence-electron chi connectivity index (χ2n) is 6.85. The maximum absolute atomic E-state index is 12.7. The second-order valence-corrected chi connectivity index (χ2v) is 6.85. The Bertz CT molecular complexity index is 887. The molecular formula is C21H24N4O3. The van der Waals surface area contributed by atoms with E-state index in [-0.39, 0.29) is 11.8 Å². The first-order valence-electron chi connectivity index (χ1n) is 9.27. The van der Waals surface area contributed by atoms with Crippen molar-refractivity contribution in [3.05, 3.63) is 59.2 Å². The SMILES string of the molecule is CC(=O)NCc1ccc(C(=O)Nc2cc(C(N)=O)ccc2N2CCCC2)cc1. The largest absolute Gasteiger partial charge is 0.370 e. The molecule has 1 aliphatic heterocycles. The Morgan fingerprint density at radius 1 is 1.00 bits per heavy atom. The predicted molar refractivity (Wildman–Crippen MR) is 108 cm³/mol. The molecule has 7 heteroatoms. The summed E-state index contributed by atoms with van der Waals surface area (Å²) in [6.07, 6.45) is 2.20. The summed E-state index contributed by atoms with van der Waals surface area (Å²) in [7, 11) is 0. The van der Waals surface area contributed by atoms with E-state index in [2.05, 4.69) is 15.5 Å². The van der Waals surface area contributed by atoms with Crippen molar-refractivity contribution in [3.63, 3.8) is 0 Å². The lowest BCUT2D eigenvalue weighted by Crippen LogP contribution is -2.22. The number of nitrogens with one attached hydrogen (secondary N) is 2. The molecule has 0 radical (unpaired) electrons. The van der Waals surface area contributed by atoms with Crippen molar-refractivity contribution in [1.29, 1.82) is 0 Å². The van der Waals surface area contributed by atoms with Crippen molar-refractivity contribution in [2.45, 2.75) is 26.3 Å². The number of primary amides is 1. The Morgan fingerprint density at radius 3 is 2.25 bits per heavy atom. The van der Waals surface area contributed by atoms with Gasteiger partial charge in [0.1, 0.15) is 0 Å². The Kier molecular flexibility index (Phi) is 5.93. The van der Waals surface area contributed by atoms with Crippen molar-refractivity contribution in [2.24, 2.45) is 5.73 Å². The molecule has 1 heterocycles. The zero-order valence-electron chi connectivity index (χ0n) is 15.8. The summed E-state index contributed by atoms with van der Waals surface area (Å²) in [5.74, 6) is -0.912. The summed E-state index contributed by atoms with van der Waals surface area (Å²) in [5.41, 5.74) is 8.60. The third-order valence-electron chi connectivity index (χ3n) is 4.73. The van der Waals surface area contributed by atoms with Crippen molar-refractivity contribution in [3.8, 4) is 0 Å². The first-order valence-corrected chi connectivity index (χ1v) is 9.27. The zero-order chi connectivity index (χ0) is 20.1. The van der Waals surface area contributed by atoms with Crippen molar-refractivity contribution in [2.75, 3.05) is 23.3 Å². The lowest BCUT2D eigenvalue weighted by Gasteiger charge is -2.22. The van der Waals surface area contributed by atoms with Gasteiger partial charge >= 0.3 is 0 Å². The minimum atomic E-state index is -0.536. The fourth-order valence-electron chi connectivity index (χ4n) is 3.22. The van der Waals surface area contributed by atoms with Gasteiger partial charge in [-0.25, -0.2) is 0 Å². The van der Waals surface area contributed by atoms with Crippen LogP contribution in [-0.2, 0) is 11.3 Å². The van der Waals surface area contributed by atoms with Crippen molar-refractivity contribution >= 4 is 29.1 Å². The van der Waals surface area contributed by atoms with Crippen LogP contribution in [0.25, 0.3) is 0 Å². The van der Waals surface area contributed by atoms with E-state index >= 15 is 0 Å². The van der Waals surface area contributed by atoms with Crippen LogP contribution in [0.4, 0.5) is 11.4 Å². The summed E-state index contributed by atoms with van der Waals surface area (Å²) >= 11 is 0. The van der Waals surface area contributed by atoms with E-state index in [1.807, 2.05) is 6.07 Å². The van der Waals surface area contributed by atoms with Crippen LogP contribution >= 0.6 is 0 Å². The average molecular weight is 380 g/mol. The second kappa shape index (κ2) is 8.56. The molecule has 0 aliphatic carbocycles. The number of rotatable bonds is 6. The van der Waals surface area contributed by atoms with E-state index < -0.39 is 5.91 Å². The van der Waals surface area contributed by atoms with Gasteiger partial charge in [-0.1, -0.05) is 12.1 Å². The summed E-state index contributed by atoms with van der Waals surface area (Å²) < 4.78 is 0. The highest BCUT2D eigenvalue weighted by atomic mass is 16.2. The van der Waals surface area contributed by atoms with Crippen LogP contribution in [0.5, 0.6) is 0 Å². The van der Waals surface area contributed by atoms with Gasteiger partial charge in [-0.15, -0.1) is 0 Å². The molecule has 28 heavy (non-hydrogen) atoms. The summed E-state index contributed by atoms with van der Waals surface area (Å²) in [5, 5.41) is 5.63. The molecule has 0 unspecified atom stereocenters. The first kappa shape index (κ1) is 19.4. The Labute approximate surface area is 163 Å². The van der Waals surface area contributed by atoms with Gasteiger partial charge in [0.05, 0.1) is 11.4 Å². The molecule has 1 saturated heterocycles. The lowest BCUT2D eigenvalue weighted by atomic mass is 10.1. The molecule has 0 bridgehead atoms. The molecular weight excluding hydrogens is 356 g/mol. The monoisotopic (exact) mass is 380 g/mol. The maximum Gasteiger partial charge on any atom is 0.255 e. The highest BCUT2D eigenvalue weighted by Gasteiger charge is 2.19. The van der Waals surface area contributed by atoms with Gasteiger partial charge in [0.25, 0.3) is 5.91 Å². The number of nitrogens with two attached hydrogens (primary N) is 1. The first-order chi connectivity index (χ1) is 13.4. The number of carbonyl (C=O) groups excluding carboxylic acids is 3. The predicted octanol–water partition coefficient (Wildman–Crippen LogP) is 2.27. The van der Waals surface area contributed by atoms with Crippen molar-refractivity contribution < 1.29 is 14.4 Å². The molecule has 0 spiro atoms. The molecule has 2 aromatic rings. The number of amides is 3. The zero-order valence-corrected chi connectivity index (χ0v) is 15.8. The van der Waals surface area contributed by atoms with Crippen LogP contribution in [0, 0.1) is 0 Å². The van der Waals surface area contributed by atoms with E-state index in [4.69, 9.17) is 5.73 Å². The summed E-state index contributed by atoms with van der Waals surface area (Å²) in [6.45, 7) is 3.70. The number of carbonyl (C=O) groups is 3. The minimum Gasteiger partial charge on any atom is -0.370 e. The molecule has 1 fully saturated rings. The number of anilines is 2. The van der Waals surface area contributed by atoms with Gasteiger partial charge in [-0.05, 0) is 48.7 Å². The molecule has 3 amide bonds. The Balaban J connectivity index is 1.79. The summed E-state index contributed by atoms with van der Waals surface area (Å²) in [6, 6.07) is 12.1. The standard InChI is InChI=1S/C21H24N4O3/c1-14(26)23-13-15-4-6-16(7-5-15)21(28)24-18-12-17(20(22)27)8-9-19(18)25-10-2-3-11-25/h4-9,12H,2-3,10-11,13H2,1H3,(H2,22,27)(H,23,26)(H,24,28). The number of hydrogen-bond acceptors (Lipinski definition) is 4. The molecule has 0 aromatic heterocycles. The lowest BCUT2D eigenvalue weighted by molar-refractivity contribution is -0.119. The highest BCUT2D eigenvalue weighted by molar-refractivity contribution is 6.07. The topological polar surface area (TPSA) is 105 Å². The third-order valence-corrected chi connectivity index (χ3v) is 4.73. The molecule has 2 aromatic carbocycles. The fraction of sp³-hybridized carbons (Fsp3) is 0.286. The van der Waals surface area contributed by atoms with Crippen LogP contribution < -0.4 is 21.3 Å². The van der Waals surface area contributed by atoms with Crippen LogP contribution in [0.3, 0.4) is 0 Å². The van der Waals surface area contributed by atoms with E-state index in [1.54, 1.807) is 36.4 Å². The molecule has 0 saturated carbocycles. The van der Waals surface area contributed by atoms with Gasteiger partial charge in [0.15, 0.2) is 0 Å². The minimum absolute atomic E-state index is 0.106. The number of hydrogen-bond donors (Lipinski definition) is 3. The van der Waals surface area contributed by atoms with Crippen LogP contribution in [0.15, 0.2) is 42.5 Å². The Morgan fingerprint density at radius 2 is 1.64 bits per heavy atom. The molecule has 7 nitrogen and oxygen atoms in total. The normalized spacial score (nSPS) is 13.2. The van der Waals surface area contributed by atoms with E-state index in [0.717, 1.165) is 37.2 Å². The maximum atomic E-state index is 12.7. The van der Waals surface area contributed by atoms with E-state index in [0.29, 0.717) is 23.4 Å². The molecule has 3 rings (SSSR count). The van der Waals surface area contributed by atoms with Crippen molar-refractivity contribution in [1.82, 2.24) is 5.32 Å². The van der Waals surface area contributed by atoms with Gasteiger partial charge in [-0.3, -0.25) is 14.4 Å². The third kappa shape index (κ3) is 4.68. The van der Waals surface area contributed by atoms with E-state index in [9.17, 15) is 14.4 Å². The fourth-order valence-corrected chi connectivity index (χ4v) is 3.22. The molecule has 0 atom stereocenters. The number of benzene rings is 2. The number of nitrogens with zero attached hydrogens (tertiary/aromatic N) is 1. The average Bonchev–Trinajstić information content (AvgIpc) is 3.21. The molecule has 1 aliphatic rings. The van der Waals surface area contributed by atoms with Gasteiger partial charge in [-0.2, -0.15) is 0 Å². The van der Waals surface area contributed by atoms with E-state index in [1.165, 1.54) is 6.92 Å². The molecule has 4 N–H and O–H groups in total. The van der Waals surface area contributed by atoms with Gasteiger partial charge in [0.2, 0.25) is 11.8 Å². The smallest absolute Gasteiger partial charge is 0.255 e. The van der Waals surface area contributed by atoms with Crippen LogP contribution in [0.1, 0.15) is 46.0 Å². The van der Waals surface area contributed by atoms with Gasteiger partial charge < -0.3 is 21.3 Å². The van der Waals surface area contributed by atoms with Gasteiger partial charge in [0, 0.05) is 37.7 Å². The van der Waals surface area contributed by atoms with Crippen LogP contribution in [0.2, 0.25) is 0 Å². The Hall–Kier alpha value is -3.35. The van der Waals surface area contributed by atoms with Crippen LogP contribution in [-0.4, -0.2) is 30.8 Å². The summed E-state index contributed by atoms with van der Waals surface area (Å²) in [4.78, 5) is 37.5. The quantitative estimate of drug-likeness (QED) is 0.715.